The third kappa shape index (κ3) is 7.18. The molecule has 0 saturated carbocycles. The Morgan fingerprint density at radius 1 is 0.612 bits per heavy atom. The summed E-state index contributed by atoms with van der Waals surface area (Å²) < 4.78 is 0. The smallest absolute Gasteiger partial charge is 0.253 e. The van der Waals surface area contributed by atoms with E-state index in [1.54, 1.807) is 60.7 Å². The summed E-state index contributed by atoms with van der Waals surface area (Å²) in [5.74, 6) is -0.567. The maximum Gasteiger partial charge on any atom is 0.253 e. The number of benzene rings is 4. The number of pyridine rings is 2. The lowest BCUT2D eigenvalue weighted by molar-refractivity contribution is 0.0944. The van der Waals surface area contributed by atoms with Gasteiger partial charge in [0.15, 0.2) is 10.9 Å². The van der Waals surface area contributed by atoms with Gasteiger partial charge in [-0.15, -0.1) is 0 Å². The van der Waals surface area contributed by atoms with Gasteiger partial charge in [-0.3, -0.25) is 19.2 Å². The number of para-hydroxylation sites is 2. The molecule has 0 spiro atoms. The maximum atomic E-state index is 13.1. The quantitative estimate of drug-likeness (QED) is 0.127. The molecule has 2 aromatic heterocycles. The number of fused-ring (bicyclic) bond motifs is 4. The van der Waals surface area contributed by atoms with Gasteiger partial charge >= 0.3 is 0 Å². The van der Waals surface area contributed by atoms with Crippen LogP contribution in [0, 0.1) is 0 Å². The second kappa shape index (κ2) is 14.8. The molecule has 0 aliphatic rings. The van der Waals surface area contributed by atoms with Crippen LogP contribution in [0.5, 0.6) is 0 Å². The van der Waals surface area contributed by atoms with Crippen LogP contribution in [0.15, 0.2) is 82.4 Å². The van der Waals surface area contributed by atoms with Crippen LogP contribution in [0.1, 0.15) is 27.1 Å². The third-order valence-corrected chi connectivity index (χ3v) is 9.38. The van der Waals surface area contributed by atoms with Gasteiger partial charge in [0.1, 0.15) is 0 Å². The summed E-state index contributed by atoms with van der Waals surface area (Å²) >= 11 is 12.7. The Kier molecular flexibility index (Phi) is 10.3. The Balaban J connectivity index is 0.959. The van der Waals surface area contributed by atoms with Gasteiger partial charge in [0, 0.05) is 48.0 Å². The van der Waals surface area contributed by atoms with Crippen LogP contribution < -0.4 is 21.5 Å². The Morgan fingerprint density at radius 2 is 1.02 bits per heavy atom. The summed E-state index contributed by atoms with van der Waals surface area (Å²) in [5, 5.41) is 8.17. The van der Waals surface area contributed by atoms with E-state index in [0.717, 1.165) is 19.5 Å². The van der Waals surface area contributed by atoms with Crippen LogP contribution in [-0.2, 0) is 0 Å². The van der Waals surface area contributed by atoms with Crippen LogP contribution in [0.25, 0.3) is 43.6 Å². The molecular weight excluding hydrogens is 663 g/mol. The molecule has 12 heteroatoms. The highest BCUT2D eigenvalue weighted by atomic mass is 35.5. The van der Waals surface area contributed by atoms with Crippen molar-refractivity contribution in [3.8, 4) is 0 Å². The van der Waals surface area contributed by atoms with Crippen LogP contribution in [0.3, 0.4) is 0 Å². The first-order valence-corrected chi connectivity index (χ1v) is 16.8. The molecule has 10 nitrogen and oxygen atoms in total. The predicted molar refractivity (Wildman–Crippen MR) is 198 cm³/mol. The summed E-state index contributed by atoms with van der Waals surface area (Å²) in [5.41, 5.74) is 2.44. The normalized spacial score (nSPS) is 11.7. The molecule has 0 saturated heterocycles. The number of halogens is 2. The Bertz CT molecular complexity index is 2170. The summed E-state index contributed by atoms with van der Waals surface area (Å²) in [7, 11) is 4.00. The summed E-state index contributed by atoms with van der Waals surface area (Å²) in [6.07, 6.45) is 0.890. The van der Waals surface area contributed by atoms with Gasteiger partial charge in [-0.05, 0) is 82.1 Å². The summed E-state index contributed by atoms with van der Waals surface area (Å²) in [6, 6.07) is 20.7. The lowest BCUT2D eigenvalue weighted by atomic mass is 10.1. The number of nitrogens with one attached hydrogen (secondary N) is 4. The molecule has 0 atom stereocenters. The van der Waals surface area contributed by atoms with Crippen molar-refractivity contribution in [3.63, 3.8) is 0 Å². The van der Waals surface area contributed by atoms with Crippen LogP contribution in [0.4, 0.5) is 0 Å². The van der Waals surface area contributed by atoms with E-state index in [2.05, 4.69) is 30.4 Å². The monoisotopic (exact) mass is 698 g/mol. The van der Waals surface area contributed by atoms with Crippen molar-refractivity contribution in [2.75, 3.05) is 53.4 Å². The zero-order chi connectivity index (χ0) is 34.7. The molecular formula is C37H36Cl2N6O4. The minimum atomic E-state index is -0.283. The fraction of sp³-hybridized carbons (Fsp3) is 0.243. The molecule has 4 N–H and O–H groups in total. The van der Waals surface area contributed by atoms with Gasteiger partial charge in [0.05, 0.1) is 43.0 Å². The molecule has 0 bridgehead atoms. The molecule has 2 amide bonds. The number of aromatic amines is 2. The predicted octanol–water partition coefficient (Wildman–Crippen LogP) is 5.40. The van der Waals surface area contributed by atoms with E-state index < -0.39 is 0 Å². The van der Waals surface area contributed by atoms with E-state index in [-0.39, 0.29) is 22.7 Å². The number of amides is 2. The topological polar surface area (TPSA) is 130 Å². The van der Waals surface area contributed by atoms with Crippen molar-refractivity contribution in [3.05, 3.63) is 114 Å². The molecule has 0 aliphatic carbocycles. The molecule has 49 heavy (non-hydrogen) atoms. The van der Waals surface area contributed by atoms with E-state index in [1.807, 2.05) is 26.2 Å². The summed E-state index contributed by atoms with van der Waals surface area (Å²) in [4.78, 5) is 63.2. The molecule has 4 aromatic carbocycles. The van der Waals surface area contributed by atoms with Gasteiger partial charge in [0.25, 0.3) is 11.8 Å². The summed E-state index contributed by atoms with van der Waals surface area (Å²) in [6.45, 7) is 3.77. The van der Waals surface area contributed by atoms with Crippen molar-refractivity contribution in [2.45, 2.75) is 6.42 Å². The number of carbonyl (C=O) groups is 2. The zero-order valence-electron chi connectivity index (χ0n) is 27.2. The SMILES string of the molecule is CN(CCCN(C)CCNC(=O)c1ccc(Cl)c2c(=O)c3ccccc3[nH]c12)CCNC(=O)c1ccc(Cl)c2c(=O)c3ccccc3[nH]c12. The van der Waals surface area contributed by atoms with E-state index in [9.17, 15) is 19.2 Å². The molecule has 252 valence electrons. The standard InChI is InChI=1S/C37H36Cl2N6O4/c1-44(20-16-40-36(48)24-12-14-26(38)30-32(24)42-28-10-5-3-8-22(28)34(30)46)18-7-19-45(2)21-17-41-37(49)25-13-15-27(39)31-33(25)43-29-11-6-4-9-23(29)35(31)47/h3-6,8-15H,7,16-21H2,1-2H3,(H,40,48)(H,41,49)(H,42,46)(H,43,47). The number of rotatable bonds is 12. The van der Waals surface area contributed by atoms with Crippen molar-refractivity contribution < 1.29 is 9.59 Å². The minimum Gasteiger partial charge on any atom is -0.354 e. The third-order valence-electron chi connectivity index (χ3n) is 8.75. The van der Waals surface area contributed by atoms with Crippen molar-refractivity contribution >= 4 is 78.6 Å². The number of likely N-dealkylation sites (N-methyl/N-ethyl adjacent to an activating group) is 2. The number of carbonyl (C=O) groups excluding carboxylic acids is 2. The van der Waals surface area contributed by atoms with E-state index in [0.29, 0.717) is 91.0 Å². The van der Waals surface area contributed by atoms with Gasteiger partial charge in [-0.25, -0.2) is 0 Å². The van der Waals surface area contributed by atoms with Crippen LogP contribution in [0.2, 0.25) is 10.0 Å². The lowest BCUT2D eigenvalue weighted by Crippen LogP contribution is -2.36. The first kappa shape index (κ1) is 34.1. The largest absolute Gasteiger partial charge is 0.354 e. The van der Waals surface area contributed by atoms with Crippen LogP contribution in [-0.4, -0.2) is 84.9 Å². The van der Waals surface area contributed by atoms with E-state index in [1.165, 1.54) is 0 Å². The molecule has 0 unspecified atom stereocenters. The average Bonchev–Trinajstić information content (AvgIpc) is 3.08. The first-order chi connectivity index (χ1) is 23.6. The Hall–Kier alpha value is -4.74. The number of aromatic nitrogens is 2. The molecule has 0 radical (unpaired) electrons. The molecule has 0 aliphatic heterocycles. The molecule has 6 rings (SSSR count). The van der Waals surface area contributed by atoms with Gasteiger partial charge < -0.3 is 30.4 Å². The average molecular weight is 700 g/mol. The number of nitrogens with zero attached hydrogens (tertiary/aromatic N) is 2. The molecule has 0 fully saturated rings. The molecule has 6 aromatic rings. The first-order valence-electron chi connectivity index (χ1n) is 16.0. The number of hydrogen-bond donors (Lipinski definition) is 4. The highest BCUT2D eigenvalue weighted by molar-refractivity contribution is 6.36. The fourth-order valence-corrected chi connectivity index (χ4v) is 6.59. The highest BCUT2D eigenvalue weighted by Crippen LogP contribution is 2.26. The zero-order valence-corrected chi connectivity index (χ0v) is 28.7. The number of H-pyrrole nitrogens is 2. The van der Waals surface area contributed by atoms with Gasteiger partial charge in [-0.2, -0.15) is 0 Å². The maximum absolute atomic E-state index is 13.1. The highest BCUT2D eigenvalue weighted by Gasteiger charge is 2.18. The Morgan fingerprint density at radius 3 is 1.45 bits per heavy atom. The number of hydrogen-bond acceptors (Lipinski definition) is 6. The minimum absolute atomic E-state index is 0.211. The Labute approximate surface area is 292 Å². The fourth-order valence-electron chi connectivity index (χ4n) is 6.10. The van der Waals surface area contributed by atoms with Gasteiger partial charge in [-0.1, -0.05) is 47.5 Å². The van der Waals surface area contributed by atoms with Crippen molar-refractivity contribution in [1.82, 2.24) is 30.4 Å². The van der Waals surface area contributed by atoms with E-state index >= 15 is 0 Å². The molecule has 2 heterocycles. The second-order valence-electron chi connectivity index (χ2n) is 12.2. The van der Waals surface area contributed by atoms with Crippen LogP contribution >= 0.6 is 23.2 Å². The lowest BCUT2D eigenvalue weighted by Gasteiger charge is -2.21. The van der Waals surface area contributed by atoms with Crippen molar-refractivity contribution in [2.24, 2.45) is 0 Å². The van der Waals surface area contributed by atoms with E-state index in [4.69, 9.17) is 23.2 Å². The second-order valence-corrected chi connectivity index (χ2v) is 13.0. The van der Waals surface area contributed by atoms with Crippen molar-refractivity contribution in [1.29, 1.82) is 0 Å². The van der Waals surface area contributed by atoms with Gasteiger partial charge in [0.2, 0.25) is 0 Å².